The van der Waals surface area contributed by atoms with Crippen molar-refractivity contribution in [3.8, 4) is 0 Å². The van der Waals surface area contributed by atoms with Gasteiger partial charge in [0.25, 0.3) is 6.43 Å². The fraction of sp³-hybridized carbons (Fsp3) is 1.00. The Morgan fingerprint density at radius 1 is 1.50 bits per heavy atom. The summed E-state index contributed by atoms with van der Waals surface area (Å²) in [7, 11) is 0. The van der Waals surface area contributed by atoms with E-state index in [-0.39, 0.29) is 6.54 Å². The van der Waals surface area contributed by atoms with Gasteiger partial charge in [-0.05, 0) is 38.4 Å². The van der Waals surface area contributed by atoms with E-state index in [0.29, 0.717) is 5.92 Å². The molecule has 1 saturated heterocycles. The molecule has 0 spiro atoms. The molecule has 0 bridgehead atoms. The molecule has 72 valence electrons. The van der Waals surface area contributed by atoms with E-state index in [0.717, 1.165) is 26.1 Å². The van der Waals surface area contributed by atoms with Crippen molar-refractivity contribution in [2.24, 2.45) is 5.92 Å². The minimum Gasteiger partial charge on any atom is -0.316 e. The summed E-state index contributed by atoms with van der Waals surface area (Å²) in [5.41, 5.74) is 0. The van der Waals surface area contributed by atoms with Gasteiger partial charge in [0.15, 0.2) is 0 Å². The molecule has 1 fully saturated rings. The van der Waals surface area contributed by atoms with E-state index in [9.17, 15) is 8.78 Å². The minimum atomic E-state index is -2.22. The van der Waals surface area contributed by atoms with Crippen LogP contribution >= 0.6 is 0 Å². The van der Waals surface area contributed by atoms with Crippen LogP contribution in [0.5, 0.6) is 0 Å². The third kappa shape index (κ3) is 3.97. The molecule has 2 nitrogen and oxygen atoms in total. The molecule has 12 heavy (non-hydrogen) atoms. The summed E-state index contributed by atoms with van der Waals surface area (Å²) < 4.78 is 23.4. The van der Waals surface area contributed by atoms with Gasteiger partial charge in [-0.25, -0.2) is 8.78 Å². The maximum absolute atomic E-state index is 11.7. The quantitative estimate of drug-likeness (QED) is 0.666. The van der Waals surface area contributed by atoms with Crippen LogP contribution in [0.4, 0.5) is 8.78 Å². The molecule has 0 aliphatic carbocycles. The number of rotatable bonds is 4. The average molecular weight is 178 g/mol. The van der Waals surface area contributed by atoms with Crippen LogP contribution in [0.2, 0.25) is 0 Å². The molecule has 0 aromatic carbocycles. The minimum absolute atomic E-state index is 0.170. The summed E-state index contributed by atoms with van der Waals surface area (Å²) in [5.74, 6) is 0.539. The molecule has 1 atom stereocenters. The first-order valence-corrected chi connectivity index (χ1v) is 4.48. The van der Waals surface area contributed by atoms with Crippen molar-refractivity contribution in [2.75, 3.05) is 26.2 Å². The second-order valence-corrected chi connectivity index (χ2v) is 3.26. The lowest BCUT2D eigenvalue weighted by molar-refractivity contribution is 0.143. The normalized spacial score (nSPS) is 24.8. The molecule has 1 rings (SSSR count). The molecular formula is C8H16F2N2. The van der Waals surface area contributed by atoms with Crippen molar-refractivity contribution < 1.29 is 8.78 Å². The highest BCUT2D eigenvalue weighted by Gasteiger charge is 2.12. The Labute approximate surface area is 71.7 Å². The average Bonchev–Trinajstić information content (AvgIpc) is 2.05. The second-order valence-electron chi connectivity index (χ2n) is 3.26. The lowest BCUT2D eigenvalue weighted by atomic mass is 10.00. The van der Waals surface area contributed by atoms with Crippen molar-refractivity contribution in [3.63, 3.8) is 0 Å². The number of hydrogen-bond donors (Lipinski definition) is 2. The Kier molecular flexibility index (Phi) is 4.46. The molecule has 0 saturated carbocycles. The molecule has 4 heteroatoms. The fourth-order valence-corrected chi connectivity index (χ4v) is 1.49. The third-order valence-electron chi connectivity index (χ3n) is 2.13. The van der Waals surface area contributed by atoms with Crippen molar-refractivity contribution in [1.82, 2.24) is 10.6 Å². The van der Waals surface area contributed by atoms with Crippen LogP contribution in [0.1, 0.15) is 12.8 Å². The first-order chi connectivity index (χ1) is 5.79. The van der Waals surface area contributed by atoms with Gasteiger partial charge in [-0.1, -0.05) is 0 Å². The topological polar surface area (TPSA) is 24.1 Å². The summed E-state index contributed by atoms with van der Waals surface area (Å²) in [6.07, 6.45) is 0.103. The zero-order valence-electron chi connectivity index (χ0n) is 7.15. The van der Waals surface area contributed by atoms with Crippen LogP contribution in [0.15, 0.2) is 0 Å². The molecule has 0 radical (unpaired) electrons. The van der Waals surface area contributed by atoms with E-state index in [1.165, 1.54) is 6.42 Å². The van der Waals surface area contributed by atoms with Gasteiger partial charge in [0.1, 0.15) is 0 Å². The molecule has 0 amide bonds. The van der Waals surface area contributed by atoms with Crippen molar-refractivity contribution in [1.29, 1.82) is 0 Å². The lowest BCUT2D eigenvalue weighted by Gasteiger charge is -2.22. The van der Waals surface area contributed by atoms with Crippen molar-refractivity contribution in [2.45, 2.75) is 19.3 Å². The van der Waals surface area contributed by atoms with E-state index >= 15 is 0 Å². The van der Waals surface area contributed by atoms with Crippen LogP contribution in [-0.2, 0) is 0 Å². The Hall–Kier alpha value is -0.220. The first-order valence-electron chi connectivity index (χ1n) is 4.48. The third-order valence-corrected chi connectivity index (χ3v) is 2.13. The van der Waals surface area contributed by atoms with Crippen LogP contribution in [0, 0.1) is 5.92 Å². The number of halogens is 2. The maximum atomic E-state index is 11.7. The van der Waals surface area contributed by atoms with Crippen molar-refractivity contribution >= 4 is 0 Å². The molecular weight excluding hydrogens is 162 g/mol. The van der Waals surface area contributed by atoms with E-state index in [2.05, 4.69) is 10.6 Å². The van der Waals surface area contributed by atoms with Crippen LogP contribution in [-0.4, -0.2) is 32.6 Å². The van der Waals surface area contributed by atoms with Gasteiger partial charge in [-0.2, -0.15) is 0 Å². The number of alkyl halides is 2. The van der Waals surface area contributed by atoms with Crippen LogP contribution < -0.4 is 10.6 Å². The predicted octanol–water partition coefficient (Wildman–Crippen LogP) is 0.841. The molecule has 1 aliphatic rings. The Morgan fingerprint density at radius 2 is 2.33 bits per heavy atom. The fourth-order valence-electron chi connectivity index (χ4n) is 1.49. The largest absolute Gasteiger partial charge is 0.316 e. The zero-order valence-corrected chi connectivity index (χ0v) is 7.15. The van der Waals surface area contributed by atoms with E-state index in [4.69, 9.17) is 0 Å². The van der Waals surface area contributed by atoms with Crippen LogP contribution in [0.3, 0.4) is 0 Å². The van der Waals surface area contributed by atoms with Gasteiger partial charge in [-0.3, -0.25) is 0 Å². The van der Waals surface area contributed by atoms with Gasteiger partial charge in [-0.15, -0.1) is 0 Å². The highest BCUT2D eigenvalue weighted by molar-refractivity contribution is 4.70. The van der Waals surface area contributed by atoms with Gasteiger partial charge in [0, 0.05) is 0 Å². The molecule has 2 N–H and O–H groups in total. The lowest BCUT2D eigenvalue weighted by Crippen LogP contribution is -2.37. The monoisotopic (exact) mass is 178 g/mol. The van der Waals surface area contributed by atoms with E-state index in [1.54, 1.807) is 0 Å². The smallest absolute Gasteiger partial charge is 0.250 e. The Balaban J connectivity index is 1.98. The zero-order chi connectivity index (χ0) is 8.81. The molecule has 0 aromatic heterocycles. The highest BCUT2D eigenvalue weighted by Crippen LogP contribution is 2.08. The summed E-state index contributed by atoms with van der Waals surface area (Å²) in [5, 5.41) is 6.01. The Morgan fingerprint density at radius 3 is 2.92 bits per heavy atom. The van der Waals surface area contributed by atoms with E-state index in [1.807, 2.05) is 0 Å². The summed E-state index contributed by atoms with van der Waals surface area (Å²) in [4.78, 5) is 0. The van der Waals surface area contributed by atoms with Gasteiger partial charge in [0.05, 0.1) is 6.54 Å². The second kappa shape index (κ2) is 5.43. The van der Waals surface area contributed by atoms with Crippen LogP contribution in [0.25, 0.3) is 0 Å². The summed E-state index contributed by atoms with van der Waals surface area (Å²) >= 11 is 0. The highest BCUT2D eigenvalue weighted by atomic mass is 19.3. The number of hydrogen-bond acceptors (Lipinski definition) is 2. The summed E-state index contributed by atoms with van der Waals surface area (Å²) in [6.45, 7) is 2.59. The predicted molar refractivity (Wildman–Crippen MR) is 44.5 cm³/mol. The first kappa shape index (κ1) is 9.86. The molecule has 1 unspecified atom stereocenters. The summed E-state index contributed by atoms with van der Waals surface area (Å²) in [6, 6.07) is 0. The standard InChI is InChI=1S/C8H16F2N2/c9-8(10)6-12-5-7-2-1-3-11-4-7/h7-8,11-12H,1-6H2. The molecule has 1 heterocycles. The van der Waals surface area contributed by atoms with Crippen molar-refractivity contribution in [3.05, 3.63) is 0 Å². The molecule has 0 aromatic rings. The van der Waals surface area contributed by atoms with Gasteiger partial charge >= 0.3 is 0 Å². The van der Waals surface area contributed by atoms with Gasteiger partial charge < -0.3 is 10.6 Å². The van der Waals surface area contributed by atoms with Gasteiger partial charge in [0.2, 0.25) is 0 Å². The SMILES string of the molecule is FC(F)CNCC1CCCNC1. The molecule has 1 aliphatic heterocycles. The Bertz CT molecular complexity index is 114. The number of nitrogens with one attached hydrogen (secondary N) is 2. The van der Waals surface area contributed by atoms with E-state index < -0.39 is 6.43 Å². The maximum Gasteiger partial charge on any atom is 0.250 e. The number of piperidine rings is 1.